The molecule has 0 unspecified atom stereocenters. The zero-order chi connectivity index (χ0) is 15.4. The van der Waals surface area contributed by atoms with Crippen LogP contribution in [0.5, 0.6) is 0 Å². The second kappa shape index (κ2) is 6.25. The van der Waals surface area contributed by atoms with Gasteiger partial charge in [0.25, 0.3) is 5.89 Å². The molecule has 8 nitrogen and oxygen atoms in total. The molecule has 0 aliphatic carbocycles. The lowest BCUT2D eigenvalue weighted by Crippen LogP contribution is -2.37. The third kappa shape index (κ3) is 3.22. The minimum Gasteiger partial charge on any atom is -0.448 e. The van der Waals surface area contributed by atoms with Gasteiger partial charge in [0.05, 0.1) is 13.1 Å². The lowest BCUT2D eigenvalue weighted by molar-refractivity contribution is -0.121. The Morgan fingerprint density at radius 3 is 2.86 bits per heavy atom. The SMILES string of the molecule is O=C(CN1CCOC1=O)NCc1noc(-c2ccccc2)n1. The summed E-state index contributed by atoms with van der Waals surface area (Å²) in [5.41, 5.74) is 0.812. The Morgan fingerprint density at radius 1 is 1.32 bits per heavy atom. The number of amides is 2. The van der Waals surface area contributed by atoms with E-state index in [1.807, 2.05) is 30.3 Å². The first-order valence-electron chi connectivity index (χ1n) is 6.79. The largest absolute Gasteiger partial charge is 0.448 e. The molecule has 1 aliphatic rings. The second-order valence-corrected chi connectivity index (χ2v) is 4.69. The molecule has 22 heavy (non-hydrogen) atoms. The Labute approximate surface area is 126 Å². The smallest absolute Gasteiger partial charge is 0.410 e. The van der Waals surface area contributed by atoms with Gasteiger partial charge in [0.2, 0.25) is 5.91 Å². The maximum absolute atomic E-state index is 11.7. The summed E-state index contributed by atoms with van der Waals surface area (Å²) < 4.78 is 9.89. The molecule has 2 heterocycles. The topological polar surface area (TPSA) is 97.6 Å². The molecule has 1 aliphatic heterocycles. The number of carbonyl (C=O) groups is 2. The molecule has 0 bridgehead atoms. The summed E-state index contributed by atoms with van der Waals surface area (Å²) >= 11 is 0. The quantitative estimate of drug-likeness (QED) is 0.877. The average molecular weight is 302 g/mol. The van der Waals surface area contributed by atoms with Crippen molar-refractivity contribution >= 4 is 12.0 Å². The van der Waals surface area contributed by atoms with Crippen LogP contribution in [0.15, 0.2) is 34.9 Å². The van der Waals surface area contributed by atoms with Crippen molar-refractivity contribution in [1.82, 2.24) is 20.4 Å². The Hall–Kier alpha value is -2.90. The summed E-state index contributed by atoms with van der Waals surface area (Å²) in [5.74, 6) is 0.467. The number of carbonyl (C=O) groups excluding carboxylic acids is 2. The van der Waals surface area contributed by atoms with Crippen LogP contribution < -0.4 is 5.32 Å². The normalized spacial score (nSPS) is 14.0. The predicted molar refractivity (Wildman–Crippen MR) is 74.5 cm³/mol. The van der Waals surface area contributed by atoms with Crippen molar-refractivity contribution in [3.05, 3.63) is 36.2 Å². The number of benzene rings is 1. The summed E-state index contributed by atoms with van der Waals surface area (Å²) in [6, 6.07) is 9.35. The van der Waals surface area contributed by atoms with E-state index in [1.165, 1.54) is 4.90 Å². The Balaban J connectivity index is 1.52. The molecule has 114 valence electrons. The lowest BCUT2D eigenvalue weighted by Gasteiger charge is -2.11. The number of nitrogens with zero attached hydrogens (tertiary/aromatic N) is 3. The van der Waals surface area contributed by atoms with Gasteiger partial charge in [0, 0.05) is 5.56 Å². The molecule has 0 saturated carbocycles. The third-order valence-corrected chi connectivity index (χ3v) is 3.11. The van der Waals surface area contributed by atoms with E-state index in [1.54, 1.807) is 0 Å². The van der Waals surface area contributed by atoms with Crippen molar-refractivity contribution in [1.29, 1.82) is 0 Å². The molecule has 0 atom stereocenters. The number of cyclic esters (lactones) is 1. The van der Waals surface area contributed by atoms with E-state index < -0.39 is 6.09 Å². The van der Waals surface area contributed by atoms with Crippen LogP contribution in [-0.4, -0.2) is 46.7 Å². The first kappa shape index (κ1) is 14.1. The van der Waals surface area contributed by atoms with Crippen LogP contribution in [0.2, 0.25) is 0 Å². The molecule has 2 aromatic rings. The minimum atomic E-state index is -0.471. The highest BCUT2D eigenvalue weighted by molar-refractivity contribution is 5.82. The molecular weight excluding hydrogens is 288 g/mol. The monoisotopic (exact) mass is 302 g/mol. The number of aromatic nitrogens is 2. The van der Waals surface area contributed by atoms with Crippen molar-refractivity contribution in [2.75, 3.05) is 19.7 Å². The fraction of sp³-hybridized carbons (Fsp3) is 0.286. The van der Waals surface area contributed by atoms with E-state index >= 15 is 0 Å². The van der Waals surface area contributed by atoms with E-state index in [-0.39, 0.29) is 19.0 Å². The Bertz CT molecular complexity index is 670. The number of nitrogens with one attached hydrogen (secondary N) is 1. The van der Waals surface area contributed by atoms with Crippen molar-refractivity contribution in [3.63, 3.8) is 0 Å². The lowest BCUT2D eigenvalue weighted by atomic mass is 10.2. The molecule has 2 amide bonds. The van der Waals surface area contributed by atoms with Gasteiger partial charge in [-0.3, -0.25) is 9.69 Å². The first-order valence-corrected chi connectivity index (χ1v) is 6.79. The molecule has 8 heteroatoms. The zero-order valence-corrected chi connectivity index (χ0v) is 11.7. The average Bonchev–Trinajstić information content (AvgIpc) is 3.16. The van der Waals surface area contributed by atoms with Gasteiger partial charge in [-0.2, -0.15) is 4.98 Å². The summed E-state index contributed by atoms with van der Waals surface area (Å²) in [4.78, 5) is 28.5. The standard InChI is InChI=1S/C14H14N4O4/c19-12(9-18-6-7-21-14(18)20)15-8-11-16-13(22-17-11)10-4-2-1-3-5-10/h1-5H,6-9H2,(H,15,19). The molecule has 1 saturated heterocycles. The molecule has 3 rings (SSSR count). The zero-order valence-electron chi connectivity index (χ0n) is 11.7. The maximum Gasteiger partial charge on any atom is 0.410 e. The van der Waals surface area contributed by atoms with Crippen molar-refractivity contribution < 1.29 is 18.8 Å². The minimum absolute atomic E-state index is 0.0395. The maximum atomic E-state index is 11.7. The highest BCUT2D eigenvalue weighted by atomic mass is 16.6. The van der Waals surface area contributed by atoms with E-state index in [0.29, 0.717) is 24.9 Å². The van der Waals surface area contributed by atoms with Gasteiger partial charge in [0.1, 0.15) is 13.2 Å². The Kier molecular flexibility index (Phi) is 3.99. The molecule has 0 spiro atoms. The summed E-state index contributed by atoms with van der Waals surface area (Å²) in [6.45, 7) is 0.838. The van der Waals surface area contributed by atoms with E-state index in [0.717, 1.165) is 5.56 Å². The van der Waals surface area contributed by atoms with Crippen molar-refractivity contribution in [2.45, 2.75) is 6.54 Å². The van der Waals surface area contributed by atoms with Crippen LogP contribution >= 0.6 is 0 Å². The highest BCUT2D eigenvalue weighted by Crippen LogP contribution is 2.15. The number of ether oxygens (including phenoxy) is 1. The van der Waals surface area contributed by atoms with Crippen molar-refractivity contribution in [3.8, 4) is 11.5 Å². The highest BCUT2D eigenvalue weighted by Gasteiger charge is 2.24. The van der Waals surface area contributed by atoms with Gasteiger partial charge in [0.15, 0.2) is 5.82 Å². The van der Waals surface area contributed by atoms with Gasteiger partial charge in [-0.25, -0.2) is 4.79 Å². The fourth-order valence-corrected chi connectivity index (χ4v) is 2.00. The fourth-order valence-electron chi connectivity index (χ4n) is 2.00. The molecule has 1 aromatic heterocycles. The summed E-state index contributed by atoms with van der Waals surface area (Å²) in [6.07, 6.45) is -0.471. The van der Waals surface area contributed by atoms with E-state index in [2.05, 4.69) is 15.5 Å². The van der Waals surface area contributed by atoms with Crippen LogP contribution in [-0.2, 0) is 16.1 Å². The molecular formula is C14H14N4O4. The molecule has 1 N–H and O–H groups in total. The number of rotatable bonds is 5. The number of hydrogen-bond acceptors (Lipinski definition) is 6. The molecule has 1 fully saturated rings. The van der Waals surface area contributed by atoms with E-state index in [4.69, 9.17) is 9.26 Å². The molecule has 1 aromatic carbocycles. The molecule has 0 radical (unpaired) electrons. The summed E-state index contributed by atoms with van der Waals surface area (Å²) in [5, 5.41) is 6.44. The van der Waals surface area contributed by atoms with Crippen LogP contribution in [0.3, 0.4) is 0 Å². The van der Waals surface area contributed by atoms with E-state index in [9.17, 15) is 9.59 Å². The first-order chi connectivity index (χ1) is 10.7. The van der Waals surface area contributed by atoms with Crippen LogP contribution in [0.4, 0.5) is 4.79 Å². The summed E-state index contributed by atoms with van der Waals surface area (Å²) in [7, 11) is 0. The van der Waals surface area contributed by atoms with Gasteiger partial charge in [-0.05, 0) is 12.1 Å². The van der Waals surface area contributed by atoms with Gasteiger partial charge in [-0.15, -0.1) is 0 Å². The van der Waals surface area contributed by atoms with Gasteiger partial charge < -0.3 is 14.6 Å². The second-order valence-electron chi connectivity index (χ2n) is 4.69. The van der Waals surface area contributed by atoms with Gasteiger partial charge >= 0.3 is 6.09 Å². The number of hydrogen-bond donors (Lipinski definition) is 1. The third-order valence-electron chi connectivity index (χ3n) is 3.11. The van der Waals surface area contributed by atoms with Gasteiger partial charge in [-0.1, -0.05) is 23.4 Å². The van der Waals surface area contributed by atoms with Crippen molar-refractivity contribution in [2.24, 2.45) is 0 Å². The Morgan fingerprint density at radius 2 is 2.14 bits per heavy atom. The predicted octanol–water partition coefficient (Wildman–Crippen LogP) is 0.805. The van der Waals surface area contributed by atoms with Crippen LogP contribution in [0.25, 0.3) is 11.5 Å². The van der Waals surface area contributed by atoms with Crippen LogP contribution in [0.1, 0.15) is 5.82 Å². The van der Waals surface area contributed by atoms with Crippen LogP contribution in [0, 0.1) is 0 Å².